The maximum atomic E-state index is 8.46. The summed E-state index contributed by atoms with van der Waals surface area (Å²) in [5, 5.41) is 0. The van der Waals surface area contributed by atoms with Crippen molar-refractivity contribution in [2.24, 2.45) is 0 Å². The SMILES string of the molecule is O=[PH2][O-].O=[PH2][O-].O=[PH2][O-].O=[PH2][O-].[Ti+4]. The van der Waals surface area contributed by atoms with Gasteiger partial charge in [0, 0.05) is 0 Å². The van der Waals surface area contributed by atoms with E-state index < -0.39 is 34.7 Å². The van der Waals surface area contributed by atoms with Crippen LogP contribution in [-0.4, -0.2) is 0 Å². The maximum absolute atomic E-state index is 8.46. The molecule has 0 amide bonds. The second-order valence-electron chi connectivity index (χ2n) is 0.385. The van der Waals surface area contributed by atoms with E-state index in [1.807, 2.05) is 0 Å². The Hall–Kier alpha value is 1.47. The van der Waals surface area contributed by atoms with Gasteiger partial charge in [0.2, 0.25) is 0 Å². The van der Waals surface area contributed by atoms with E-state index in [1.54, 1.807) is 0 Å². The van der Waals surface area contributed by atoms with E-state index in [0.29, 0.717) is 0 Å². The molecule has 0 bridgehead atoms. The smallest absolute Gasteiger partial charge is 0.804 e. The molecular formula is H8O8P4Ti. The van der Waals surface area contributed by atoms with Crippen LogP contribution in [0.5, 0.6) is 0 Å². The van der Waals surface area contributed by atoms with Crippen LogP contribution in [0.1, 0.15) is 0 Å². The monoisotopic (exact) mass is 308 g/mol. The van der Waals surface area contributed by atoms with E-state index in [2.05, 4.69) is 0 Å². The fraction of sp³-hybridized carbons (Fsp3) is 0. The topological polar surface area (TPSA) is 161 Å². The van der Waals surface area contributed by atoms with Crippen LogP contribution in [0, 0.1) is 0 Å². The fourth-order valence-electron chi connectivity index (χ4n) is 0. The summed E-state index contributed by atoms with van der Waals surface area (Å²) in [5.74, 6) is 0. The average Bonchev–Trinajstić information content (AvgIpc) is 1.92. The molecule has 8 nitrogen and oxygen atoms in total. The van der Waals surface area contributed by atoms with Crippen molar-refractivity contribution in [3.05, 3.63) is 0 Å². The van der Waals surface area contributed by atoms with Crippen molar-refractivity contribution in [2.45, 2.75) is 0 Å². The molecule has 0 aromatic rings. The molecule has 13 heteroatoms. The van der Waals surface area contributed by atoms with Crippen molar-refractivity contribution in [1.82, 2.24) is 0 Å². The summed E-state index contributed by atoms with van der Waals surface area (Å²) in [6.45, 7) is 0. The third kappa shape index (κ3) is 816. The molecule has 0 radical (unpaired) electrons. The largest absolute Gasteiger partial charge is 4.00 e. The van der Waals surface area contributed by atoms with Crippen LogP contribution in [0.25, 0.3) is 0 Å². The normalized spacial score (nSPS) is 8.92. The van der Waals surface area contributed by atoms with Crippen LogP contribution in [-0.2, 0) is 40.0 Å². The molecule has 0 saturated carbocycles. The first-order valence-corrected chi connectivity index (χ1v) is 5.66. The van der Waals surface area contributed by atoms with Crippen molar-refractivity contribution in [2.75, 3.05) is 0 Å². The second kappa shape index (κ2) is 70.0. The third-order valence-corrected chi connectivity index (χ3v) is 0. The van der Waals surface area contributed by atoms with Crippen molar-refractivity contribution in [3.8, 4) is 0 Å². The summed E-state index contributed by atoms with van der Waals surface area (Å²) in [7, 11) is -7.00. The molecule has 4 atom stereocenters. The number of hydrogen-bond donors (Lipinski definition) is 0. The third-order valence-electron chi connectivity index (χ3n) is 0. The molecular weight excluding hydrogens is 300 g/mol. The molecule has 4 unspecified atom stereocenters. The van der Waals surface area contributed by atoms with Gasteiger partial charge in [-0.1, -0.05) is 0 Å². The van der Waals surface area contributed by atoms with Gasteiger partial charge in [0.05, 0.1) is 0 Å². The van der Waals surface area contributed by atoms with E-state index in [9.17, 15) is 0 Å². The first-order chi connectivity index (χ1) is 5.66. The Morgan fingerprint density at radius 1 is 0.538 bits per heavy atom. The first-order valence-electron chi connectivity index (χ1n) is 1.89. The molecule has 0 spiro atoms. The fourth-order valence-corrected chi connectivity index (χ4v) is 0. The molecule has 0 aliphatic carbocycles. The second-order valence-corrected chi connectivity index (χ2v) is 1.15. The minimum absolute atomic E-state index is 0. The van der Waals surface area contributed by atoms with Crippen molar-refractivity contribution < 1.29 is 59.6 Å². The van der Waals surface area contributed by atoms with Gasteiger partial charge in [-0.05, 0) is 34.7 Å². The van der Waals surface area contributed by atoms with Crippen molar-refractivity contribution >= 4 is 34.7 Å². The van der Waals surface area contributed by atoms with Crippen molar-refractivity contribution in [3.63, 3.8) is 0 Å². The van der Waals surface area contributed by atoms with Crippen LogP contribution in [0.15, 0.2) is 0 Å². The Labute approximate surface area is 94.4 Å². The minimum atomic E-state index is -1.75. The minimum Gasteiger partial charge on any atom is -0.804 e. The molecule has 0 N–H and O–H groups in total. The van der Waals surface area contributed by atoms with E-state index >= 15 is 0 Å². The van der Waals surface area contributed by atoms with Gasteiger partial charge < -0.3 is 37.8 Å². The zero-order valence-electron chi connectivity index (χ0n) is 6.08. The van der Waals surface area contributed by atoms with E-state index in [1.165, 1.54) is 0 Å². The van der Waals surface area contributed by atoms with Crippen molar-refractivity contribution in [1.29, 1.82) is 0 Å². The molecule has 0 heterocycles. The van der Waals surface area contributed by atoms with Gasteiger partial charge in [-0.25, -0.2) is 0 Å². The maximum Gasteiger partial charge on any atom is 4.00 e. The molecule has 0 aliphatic rings. The quantitative estimate of drug-likeness (QED) is 0.324. The Balaban J connectivity index is -0.0000000213. The molecule has 0 aromatic heterocycles. The Morgan fingerprint density at radius 2 is 0.538 bits per heavy atom. The molecule has 80 valence electrons. The summed E-state index contributed by atoms with van der Waals surface area (Å²) in [5.41, 5.74) is 0. The summed E-state index contributed by atoms with van der Waals surface area (Å²) in [6.07, 6.45) is 0. The predicted octanol–water partition coefficient (Wildman–Crippen LogP) is -3.93. The summed E-state index contributed by atoms with van der Waals surface area (Å²) >= 11 is 0. The zero-order valence-corrected chi connectivity index (χ0v) is 12.3. The molecule has 0 rings (SSSR count). The molecule has 0 aromatic carbocycles. The van der Waals surface area contributed by atoms with Crippen LogP contribution in [0.2, 0.25) is 0 Å². The molecule has 0 aliphatic heterocycles. The zero-order chi connectivity index (χ0) is 10.8. The molecule has 0 saturated heterocycles. The van der Waals surface area contributed by atoms with Crippen LogP contribution in [0.4, 0.5) is 0 Å². The molecule has 13 heavy (non-hydrogen) atoms. The van der Waals surface area contributed by atoms with Gasteiger partial charge in [-0.2, -0.15) is 0 Å². The Kier molecular flexibility index (Phi) is 158. The van der Waals surface area contributed by atoms with E-state index in [0.717, 1.165) is 0 Å². The van der Waals surface area contributed by atoms with Crippen LogP contribution >= 0.6 is 34.7 Å². The molecule has 0 fully saturated rings. The van der Waals surface area contributed by atoms with Gasteiger partial charge in [0.1, 0.15) is 0 Å². The van der Waals surface area contributed by atoms with E-state index in [-0.39, 0.29) is 21.7 Å². The summed E-state index contributed by atoms with van der Waals surface area (Å²) in [6, 6.07) is 0. The Morgan fingerprint density at radius 3 is 0.538 bits per heavy atom. The Bertz CT molecular complexity index is 70.1. The number of rotatable bonds is 0. The van der Waals surface area contributed by atoms with Crippen LogP contribution < -0.4 is 19.6 Å². The number of hydrogen-bond acceptors (Lipinski definition) is 8. The van der Waals surface area contributed by atoms with Gasteiger partial charge in [-0.15, -0.1) is 0 Å². The van der Waals surface area contributed by atoms with Crippen LogP contribution in [0.3, 0.4) is 0 Å². The summed E-state index contributed by atoms with van der Waals surface area (Å²) < 4.78 is 33.8. The first kappa shape index (κ1) is 29.3. The standard InChI is InChI=1S/4H3O2P.Ti/c4*1-3-2;/h4*3H2,(H,1,2);/q;;;;+4/p-4. The predicted molar refractivity (Wildman–Crippen MR) is 41.6 cm³/mol. The van der Waals surface area contributed by atoms with E-state index in [4.69, 9.17) is 37.8 Å². The summed E-state index contributed by atoms with van der Waals surface area (Å²) in [4.78, 5) is 33.8. The van der Waals surface area contributed by atoms with Gasteiger partial charge in [-0.3, -0.25) is 0 Å². The average molecular weight is 308 g/mol. The van der Waals surface area contributed by atoms with Gasteiger partial charge in [0.25, 0.3) is 0 Å². The van der Waals surface area contributed by atoms with Gasteiger partial charge >= 0.3 is 21.7 Å². The van der Waals surface area contributed by atoms with Gasteiger partial charge in [0.15, 0.2) is 0 Å².